The molecule has 29 heavy (non-hydrogen) atoms. The Hall–Kier alpha value is -2.94. The van der Waals surface area contributed by atoms with Crippen LogP contribution in [0, 0.1) is 13.8 Å². The highest BCUT2D eigenvalue weighted by Gasteiger charge is 2.12. The number of aromatic nitrogens is 1. The third-order valence-electron chi connectivity index (χ3n) is 4.35. The molecule has 0 spiro atoms. The van der Waals surface area contributed by atoms with E-state index in [9.17, 15) is 13.2 Å². The predicted octanol–water partition coefficient (Wildman–Crippen LogP) is 3.16. The van der Waals surface area contributed by atoms with Gasteiger partial charge in [0.15, 0.2) is 0 Å². The average Bonchev–Trinajstić information content (AvgIpc) is 2.94. The minimum absolute atomic E-state index is 0.0502. The summed E-state index contributed by atoms with van der Waals surface area (Å²) in [7, 11) is -3.74. The molecule has 1 amide bonds. The highest BCUT2D eigenvalue weighted by Crippen LogP contribution is 2.21. The van der Waals surface area contributed by atoms with E-state index in [1.165, 1.54) is 12.1 Å². The second kappa shape index (κ2) is 8.20. The number of nitrogens with one attached hydrogen (secondary N) is 1. The third-order valence-corrected chi connectivity index (χ3v) is 5.51. The third kappa shape index (κ3) is 4.73. The lowest BCUT2D eigenvalue weighted by Gasteiger charge is -2.10. The second-order valence-corrected chi connectivity index (χ2v) is 8.41. The molecule has 7 nitrogen and oxygen atoms in total. The van der Waals surface area contributed by atoms with Crippen molar-refractivity contribution in [1.29, 1.82) is 0 Å². The highest BCUT2D eigenvalue weighted by molar-refractivity contribution is 7.89. The van der Waals surface area contributed by atoms with E-state index in [4.69, 9.17) is 16.7 Å². The van der Waals surface area contributed by atoms with Crippen LogP contribution in [-0.2, 0) is 10.0 Å². The van der Waals surface area contributed by atoms with Gasteiger partial charge >= 0.3 is 0 Å². The fraction of sp³-hybridized carbons (Fsp3) is 0.100. The summed E-state index contributed by atoms with van der Waals surface area (Å²) >= 11 is 5.89. The van der Waals surface area contributed by atoms with Crippen molar-refractivity contribution in [3.63, 3.8) is 0 Å². The first kappa shape index (κ1) is 20.8. The van der Waals surface area contributed by atoms with Crippen molar-refractivity contribution in [2.75, 3.05) is 0 Å². The molecule has 0 fully saturated rings. The summed E-state index contributed by atoms with van der Waals surface area (Å²) in [6.45, 7) is 3.82. The number of hydrogen-bond acceptors (Lipinski definition) is 4. The van der Waals surface area contributed by atoms with Crippen molar-refractivity contribution in [3.05, 3.63) is 82.1 Å². The molecular weight excluding hydrogens is 412 g/mol. The van der Waals surface area contributed by atoms with Crippen LogP contribution in [0.15, 0.2) is 64.6 Å². The van der Waals surface area contributed by atoms with Gasteiger partial charge in [-0.3, -0.25) is 4.79 Å². The van der Waals surface area contributed by atoms with Crippen molar-refractivity contribution in [1.82, 2.24) is 9.99 Å². The topological polar surface area (TPSA) is 107 Å². The molecule has 0 aliphatic carbocycles. The van der Waals surface area contributed by atoms with Gasteiger partial charge in [-0.1, -0.05) is 17.7 Å². The van der Waals surface area contributed by atoms with E-state index in [2.05, 4.69) is 10.5 Å². The quantitative estimate of drug-likeness (QED) is 0.479. The van der Waals surface area contributed by atoms with Gasteiger partial charge < -0.3 is 4.57 Å². The Morgan fingerprint density at radius 2 is 1.83 bits per heavy atom. The lowest BCUT2D eigenvalue weighted by atomic mass is 10.2. The molecule has 0 saturated carbocycles. The number of hydrazone groups is 1. The first-order chi connectivity index (χ1) is 13.7. The Kier molecular flexibility index (Phi) is 5.88. The highest BCUT2D eigenvalue weighted by atomic mass is 35.5. The zero-order chi connectivity index (χ0) is 21.2. The summed E-state index contributed by atoms with van der Waals surface area (Å²) in [5, 5.41) is 9.64. The van der Waals surface area contributed by atoms with E-state index < -0.39 is 10.0 Å². The SMILES string of the molecule is Cc1cc(/C=N/NC(=O)c2cccc(Cl)c2)c(C)n1-c1ccc(S(N)(=O)=O)cc1. The Balaban J connectivity index is 1.80. The van der Waals surface area contributed by atoms with Crippen molar-refractivity contribution in [2.45, 2.75) is 18.7 Å². The first-order valence-electron chi connectivity index (χ1n) is 8.58. The molecule has 0 bridgehead atoms. The molecule has 0 aliphatic heterocycles. The normalized spacial score (nSPS) is 11.7. The van der Waals surface area contributed by atoms with Crippen LogP contribution in [-0.4, -0.2) is 25.1 Å². The predicted molar refractivity (Wildman–Crippen MR) is 113 cm³/mol. The van der Waals surface area contributed by atoms with Crippen LogP contribution in [0.5, 0.6) is 0 Å². The number of nitrogens with two attached hydrogens (primary N) is 1. The van der Waals surface area contributed by atoms with E-state index >= 15 is 0 Å². The van der Waals surface area contributed by atoms with Gasteiger partial charge in [0.2, 0.25) is 10.0 Å². The average molecular weight is 431 g/mol. The van der Waals surface area contributed by atoms with Gasteiger partial charge in [-0.15, -0.1) is 0 Å². The number of benzene rings is 2. The first-order valence-corrected chi connectivity index (χ1v) is 10.5. The van der Waals surface area contributed by atoms with Gasteiger partial charge in [-0.05, 0) is 62.4 Å². The summed E-state index contributed by atoms with van der Waals surface area (Å²) < 4.78 is 24.8. The van der Waals surface area contributed by atoms with Gasteiger partial charge in [0.1, 0.15) is 0 Å². The van der Waals surface area contributed by atoms with E-state index in [1.54, 1.807) is 42.6 Å². The van der Waals surface area contributed by atoms with Crippen LogP contribution >= 0.6 is 11.6 Å². The van der Waals surface area contributed by atoms with E-state index in [0.29, 0.717) is 10.6 Å². The maximum atomic E-state index is 12.1. The van der Waals surface area contributed by atoms with Crippen molar-refractivity contribution >= 4 is 33.7 Å². The Labute approximate surface area is 173 Å². The molecule has 2 aromatic carbocycles. The molecule has 0 radical (unpaired) electrons. The van der Waals surface area contributed by atoms with Gasteiger partial charge in [-0.2, -0.15) is 5.10 Å². The van der Waals surface area contributed by atoms with Crippen LogP contribution in [0.1, 0.15) is 27.3 Å². The number of carbonyl (C=O) groups excluding carboxylic acids is 1. The Morgan fingerprint density at radius 3 is 2.45 bits per heavy atom. The number of halogens is 1. The minimum atomic E-state index is -3.74. The molecule has 1 aromatic heterocycles. The van der Waals surface area contributed by atoms with Crippen LogP contribution < -0.4 is 10.6 Å². The summed E-state index contributed by atoms with van der Waals surface area (Å²) in [5.74, 6) is -0.365. The molecule has 3 rings (SSSR count). The molecule has 9 heteroatoms. The number of hydrogen-bond donors (Lipinski definition) is 2. The van der Waals surface area contributed by atoms with Gasteiger partial charge in [-0.25, -0.2) is 19.0 Å². The van der Waals surface area contributed by atoms with E-state index in [0.717, 1.165) is 22.6 Å². The van der Waals surface area contributed by atoms with Crippen LogP contribution in [0.2, 0.25) is 5.02 Å². The number of rotatable bonds is 5. The number of aryl methyl sites for hydroxylation is 1. The Morgan fingerprint density at radius 1 is 1.14 bits per heavy atom. The zero-order valence-electron chi connectivity index (χ0n) is 15.8. The lowest BCUT2D eigenvalue weighted by molar-refractivity contribution is 0.0955. The molecule has 3 aromatic rings. The molecule has 3 N–H and O–H groups in total. The van der Waals surface area contributed by atoms with Gasteiger partial charge in [0, 0.05) is 33.2 Å². The fourth-order valence-corrected chi connectivity index (χ4v) is 3.66. The van der Waals surface area contributed by atoms with Crippen LogP contribution in [0.25, 0.3) is 5.69 Å². The summed E-state index contributed by atoms with van der Waals surface area (Å²) in [4.78, 5) is 12.2. The van der Waals surface area contributed by atoms with Crippen molar-refractivity contribution in [3.8, 4) is 5.69 Å². The zero-order valence-corrected chi connectivity index (χ0v) is 17.3. The second-order valence-electron chi connectivity index (χ2n) is 6.41. The summed E-state index contributed by atoms with van der Waals surface area (Å²) in [5.41, 5.74) is 6.29. The molecular formula is C20H19ClN4O3S. The summed E-state index contributed by atoms with van der Waals surface area (Å²) in [6.07, 6.45) is 1.56. The molecule has 0 atom stereocenters. The summed E-state index contributed by atoms with van der Waals surface area (Å²) in [6, 6.07) is 14.8. The Bertz CT molecular complexity index is 1200. The molecule has 0 saturated heterocycles. The van der Waals surface area contributed by atoms with E-state index in [-0.39, 0.29) is 10.8 Å². The smallest absolute Gasteiger partial charge is 0.271 e. The standard InChI is InChI=1S/C20H19ClN4O3S/c1-13-10-16(12-23-24-20(26)15-4-3-5-17(21)11-15)14(2)25(13)18-6-8-19(9-7-18)29(22,27)28/h3-12H,1-2H3,(H,24,26)(H2,22,27,28)/b23-12+. The lowest BCUT2D eigenvalue weighted by Crippen LogP contribution is -2.17. The largest absolute Gasteiger partial charge is 0.318 e. The van der Waals surface area contributed by atoms with Crippen molar-refractivity contribution < 1.29 is 13.2 Å². The number of primary sulfonamides is 1. The molecule has 0 aliphatic rings. The molecule has 0 unspecified atom stereocenters. The van der Waals surface area contributed by atoms with Gasteiger partial charge in [0.05, 0.1) is 11.1 Å². The van der Waals surface area contributed by atoms with Crippen molar-refractivity contribution in [2.24, 2.45) is 10.2 Å². The maximum Gasteiger partial charge on any atom is 0.271 e. The van der Waals surface area contributed by atoms with Crippen LogP contribution in [0.3, 0.4) is 0 Å². The monoisotopic (exact) mass is 430 g/mol. The number of amides is 1. The molecule has 1 heterocycles. The fourth-order valence-electron chi connectivity index (χ4n) is 2.96. The van der Waals surface area contributed by atoms with Gasteiger partial charge in [0.25, 0.3) is 5.91 Å². The number of sulfonamides is 1. The maximum absolute atomic E-state index is 12.1. The van der Waals surface area contributed by atoms with E-state index in [1.807, 2.05) is 24.5 Å². The minimum Gasteiger partial charge on any atom is -0.318 e. The number of carbonyl (C=O) groups is 1. The number of nitrogens with zero attached hydrogens (tertiary/aromatic N) is 2. The van der Waals surface area contributed by atoms with Crippen LogP contribution in [0.4, 0.5) is 0 Å². The molecule has 150 valence electrons.